The van der Waals surface area contributed by atoms with Crippen LogP contribution in [0.1, 0.15) is 27.8 Å². The van der Waals surface area contributed by atoms with Crippen molar-refractivity contribution in [2.24, 2.45) is 0 Å². The van der Waals surface area contributed by atoms with Gasteiger partial charge in [-0.05, 0) is 55.5 Å². The van der Waals surface area contributed by atoms with Crippen molar-refractivity contribution in [2.75, 3.05) is 14.2 Å². The van der Waals surface area contributed by atoms with E-state index in [1.807, 2.05) is 0 Å². The second-order valence-electron chi connectivity index (χ2n) is 4.57. The van der Waals surface area contributed by atoms with Gasteiger partial charge in [-0.3, -0.25) is 0 Å². The Labute approximate surface area is 103 Å². The minimum Gasteiger partial charge on any atom is -0.453 e. The highest BCUT2D eigenvalue weighted by atomic mass is 16.5. The third-order valence-electron chi connectivity index (χ3n) is 3.40. The highest BCUT2D eigenvalue weighted by Gasteiger charge is 2.14. The van der Waals surface area contributed by atoms with Gasteiger partial charge in [0.15, 0.2) is 0 Å². The van der Waals surface area contributed by atoms with Crippen molar-refractivity contribution in [3.05, 3.63) is 33.9 Å². The average Bonchev–Trinajstić information content (AvgIpc) is 2.30. The van der Waals surface area contributed by atoms with Gasteiger partial charge >= 0.3 is 6.09 Å². The first-order valence-electron chi connectivity index (χ1n) is 5.73. The van der Waals surface area contributed by atoms with Gasteiger partial charge in [0.25, 0.3) is 0 Å². The number of benzene rings is 1. The average molecular weight is 235 g/mol. The molecule has 0 aliphatic heterocycles. The van der Waals surface area contributed by atoms with Crippen LogP contribution in [-0.4, -0.2) is 25.2 Å². The Hall–Kier alpha value is -1.51. The van der Waals surface area contributed by atoms with E-state index in [0.717, 1.165) is 0 Å². The van der Waals surface area contributed by atoms with E-state index in [4.69, 9.17) is 4.74 Å². The fraction of sp³-hybridized carbons (Fsp3) is 0.500. The van der Waals surface area contributed by atoms with E-state index in [0.29, 0.717) is 6.54 Å². The number of hydrogen-bond acceptors (Lipinski definition) is 2. The first kappa shape index (κ1) is 13.6. The van der Waals surface area contributed by atoms with E-state index in [2.05, 4.69) is 33.8 Å². The van der Waals surface area contributed by atoms with Gasteiger partial charge in [0.05, 0.1) is 7.11 Å². The summed E-state index contributed by atoms with van der Waals surface area (Å²) in [6, 6.07) is 2.19. The van der Waals surface area contributed by atoms with E-state index < -0.39 is 0 Å². The summed E-state index contributed by atoms with van der Waals surface area (Å²) < 4.78 is 4.71. The number of nitrogens with zero attached hydrogens (tertiary/aromatic N) is 1. The lowest BCUT2D eigenvalue weighted by Crippen LogP contribution is -2.26. The third kappa shape index (κ3) is 2.78. The van der Waals surface area contributed by atoms with Crippen molar-refractivity contribution in [2.45, 2.75) is 34.2 Å². The number of aryl methyl sites for hydroxylation is 2. The molecule has 0 heterocycles. The number of carbonyl (C=O) groups is 1. The van der Waals surface area contributed by atoms with E-state index in [9.17, 15) is 4.79 Å². The summed E-state index contributed by atoms with van der Waals surface area (Å²) in [5.41, 5.74) is 6.26. The van der Waals surface area contributed by atoms with Crippen LogP contribution in [0.15, 0.2) is 6.07 Å². The predicted molar refractivity (Wildman–Crippen MR) is 69.3 cm³/mol. The molecule has 1 aromatic rings. The number of carbonyl (C=O) groups excluding carboxylic acids is 1. The monoisotopic (exact) mass is 235 g/mol. The lowest BCUT2D eigenvalue weighted by atomic mass is 9.94. The van der Waals surface area contributed by atoms with Crippen LogP contribution in [0.25, 0.3) is 0 Å². The van der Waals surface area contributed by atoms with Crippen LogP contribution in [0.2, 0.25) is 0 Å². The predicted octanol–water partition coefficient (Wildman–Crippen LogP) is 3.12. The number of rotatable bonds is 2. The second-order valence-corrected chi connectivity index (χ2v) is 4.57. The zero-order chi connectivity index (χ0) is 13.2. The van der Waals surface area contributed by atoms with E-state index in [-0.39, 0.29) is 6.09 Å². The molecule has 0 atom stereocenters. The Kier molecular flexibility index (Phi) is 4.16. The zero-order valence-corrected chi connectivity index (χ0v) is 11.5. The minimum atomic E-state index is -0.303. The molecule has 1 aromatic carbocycles. The molecule has 0 saturated heterocycles. The molecule has 1 amide bonds. The van der Waals surface area contributed by atoms with Crippen LogP contribution in [0.5, 0.6) is 0 Å². The molecule has 17 heavy (non-hydrogen) atoms. The summed E-state index contributed by atoms with van der Waals surface area (Å²) in [7, 11) is 3.16. The van der Waals surface area contributed by atoms with E-state index in [1.165, 1.54) is 34.9 Å². The lowest BCUT2D eigenvalue weighted by molar-refractivity contribution is 0.131. The molecule has 0 spiro atoms. The highest BCUT2D eigenvalue weighted by Crippen LogP contribution is 2.22. The van der Waals surface area contributed by atoms with Crippen molar-refractivity contribution < 1.29 is 9.53 Å². The topological polar surface area (TPSA) is 29.5 Å². The van der Waals surface area contributed by atoms with Gasteiger partial charge in [-0.25, -0.2) is 4.79 Å². The van der Waals surface area contributed by atoms with Crippen LogP contribution >= 0.6 is 0 Å². The standard InChI is InChI=1S/C14H21NO2/c1-9-7-10(2)12(4)13(11(9)3)8-15(5)14(16)17-6/h7H,8H2,1-6H3. The summed E-state index contributed by atoms with van der Waals surface area (Å²) in [4.78, 5) is 13.0. The number of ether oxygens (including phenoxy) is 1. The summed E-state index contributed by atoms with van der Waals surface area (Å²) in [6.07, 6.45) is -0.303. The maximum absolute atomic E-state index is 11.4. The van der Waals surface area contributed by atoms with Crippen molar-refractivity contribution in [1.29, 1.82) is 0 Å². The lowest BCUT2D eigenvalue weighted by Gasteiger charge is -2.21. The van der Waals surface area contributed by atoms with Crippen LogP contribution in [0, 0.1) is 27.7 Å². The molecule has 94 valence electrons. The normalized spacial score (nSPS) is 10.2. The molecule has 0 N–H and O–H groups in total. The van der Waals surface area contributed by atoms with Crippen molar-refractivity contribution in [1.82, 2.24) is 4.90 Å². The van der Waals surface area contributed by atoms with Crippen molar-refractivity contribution in [3.63, 3.8) is 0 Å². The highest BCUT2D eigenvalue weighted by molar-refractivity contribution is 5.67. The Balaban J connectivity index is 3.10. The molecule has 0 saturated carbocycles. The van der Waals surface area contributed by atoms with Crippen molar-refractivity contribution in [3.8, 4) is 0 Å². The number of methoxy groups -OCH3 is 1. The molecule has 0 aromatic heterocycles. The molecule has 1 rings (SSSR count). The van der Waals surface area contributed by atoms with Gasteiger partial charge in [0.1, 0.15) is 0 Å². The fourth-order valence-electron chi connectivity index (χ4n) is 1.99. The first-order valence-corrected chi connectivity index (χ1v) is 5.73. The molecule has 0 radical (unpaired) electrons. The Bertz CT molecular complexity index is 412. The van der Waals surface area contributed by atoms with Gasteiger partial charge in [-0.1, -0.05) is 6.07 Å². The second kappa shape index (κ2) is 5.21. The molecule has 3 heteroatoms. The fourth-order valence-corrected chi connectivity index (χ4v) is 1.99. The van der Waals surface area contributed by atoms with Gasteiger partial charge in [0, 0.05) is 13.6 Å². The molecule has 0 unspecified atom stereocenters. The zero-order valence-electron chi connectivity index (χ0n) is 11.5. The summed E-state index contributed by atoms with van der Waals surface area (Å²) in [5, 5.41) is 0. The van der Waals surface area contributed by atoms with Gasteiger partial charge in [-0.15, -0.1) is 0 Å². The number of hydrogen-bond donors (Lipinski definition) is 0. The van der Waals surface area contributed by atoms with Crippen LogP contribution in [0.3, 0.4) is 0 Å². The van der Waals surface area contributed by atoms with Crippen LogP contribution in [0.4, 0.5) is 4.79 Å². The Morgan fingerprint density at radius 1 is 1.18 bits per heavy atom. The molecular weight excluding hydrogens is 214 g/mol. The summed E-state index contributed by atoms with van der Waals surface area (Å²) in [5.74, 6) is 0. The van der Waals surface area contributed by atoms with Crippen LogP contribution in [-0.2, 0) is 11.3 Å². The number of amides is 1. The largest absolute Gasteiger partial charge is 0.453 e. The van der Waals surface area contributed by atoms with E-state index in [1.54, 1.807) is 11.9 Å². The first-order chi connectivity index (χ1) is 7.88. The summed E-state index contributed by atoms with van der Waals surface area (Å²) >= 11 is 0. The minimum absolute atomic E-state index is 0.303. The van der Waals surface area contributed by atoms with E-state index >= 15 is 0 Å². The van der Waals surface area contributed by atoms with Gasteiger partial charge in [-0.2, -0.15) is 0 Å². The smallest absolute Gasteiger partial charge is 0.409 e. The molecule has 0 aliphatic rings. The Morgan fingerprint density at radius 2 is 1.65 bits per heavy atom. The molecule has 0 bridgehead atoms. The maximum atomic E-state index is 11.4. The SMILES string of the molecule is COC(=O)N(C)Cc1c(C)c(C)cc(C)c1C. The Morgan fingerprint density at radius 3 is 2.06 bits per heavy atom. The van der Waals surface area contributed by atoms with Crippen molar-refractivity contribution >= 4 is 6.09 Å². The molecule has 0 aliphatic carbocycles. The maximum Gasteiger partial charge on any atom is 0.409 e. The molecular formula is C14H21NO2. The summed E-state index contributed by atoms with van der Waals surface area (Å²) in [6.45, 7) is 8.99. The van der Waals surface area contributed by atoms with Gasteiger partial charge in [0.2, 0.25) is 0 Å². The quantitative estimate of drug-likeness (QED) is 0.788. The third-order valence-corrected chi connectivity index (χ3v) is 3.40. The van der Waals surface area contributed by atoms with Gasteiger partial charge < -0.3 is 9.64 Å². The molecule has 0 fully saturated rings. The van der Waals surface area contributed by atoms with Crippen LogP contribution < -0.4 is 0 Å². The molecule has 3 nitrogen and oxygen atoms in total.